The number of halogens is 3. The monoisotopic (exact) mass is 705 g/mol. The van der Waals surface area contributed by atoms with Gasteiger partial charge in [0.05, 0.1) is 19.8 Å². The highest BCUT2D eigenvalue weighted by molar-refractivity contribution is 6.67. The number of fused-ring (bicyclic) bond motifs is 3. The summed E-state index contributed by atoms with van der Waals surface area (Å²) >= 11 is 17.2. The van der Waals surface area contributed by atoms with Crippen molar-refractivity contribution in [2.45, 2.75) is 47.0 Å². The molecular weight excluding hydrogens is 673 g/mol. The molecule has 10 nitrogen and oxygen atoms in total. The number of amides is 1. The normalized spacial score (nSPS) is 22.1. The molecule has 0 bridgehead atoms. The van der Waals surface area contributed by atoms with Gasteiger partial charge in [0.25, 0.3) is 0 Å². The molecule has 2 N–H and O–H groups in total. The number of ether oxygens (including phenoxy) is 6. The minimum atomic E-state index is -1.88. The summed E-state index contributed by atoms with van der Waals surface area (Å²) in [6.45, 7) is 3.17. The van der Waals surface area contributed by atoms with Crippen molar-refractivity contribution in [2.24, 2.45) is 0 Å². The zero-order valence-electron chi connectivity index (χ0n) is 25.1. The van der Waals surface area contributed by atoms with Gasteiger partial charge in [-0.2, -0.15) is 0 Å². The van der Waals surface area contributed by atoms with Gasteiger partial charge in [-0.3, -0.25) is 0 Å². The van der Waals surface area contributed by atoms with Crippen molar-refractivity contribution in [3.8, 4) is 11.1 Å². The standard InChI is InChI=1S/C34H34Cl3NO9/c1-2-16-43-31-28(38-32(40)45-20-34(35,36)37)30(29(39)27(46-31)19-42-17-21-10-4-3-5-11-21)47-33(41)44-18-26-24-14-8-6-12-22(24)23-13-7-9-15-25(23)26/h2-15,26-31,39H,1,16-20H2,(H,38,40)/t27-,28-,29-,30-,31+/m1/s1. The second kappa shape index (κ2) is 16.2. The molecule has 1 aliphatic carbocycles. The first-order valence-corrected chi connectivity index (χ1v) is 16.0. The van der Waals surface area contributed by atoms with Crippen LogP contribution in [0.5, 0.6) is 0 Å². The molecule has 1 heterocycles. The number of hydrogen-bond donors (Lipinski definition) is 2. The summed E-state index contributed by atoms with van der Waals surface area (Å²) in [6.07, 6.45) is -5.85. The predicted octanol–water partition coefficient (Wildman–Crippen LogP) is 6.29. The average Bonchev–Trinajstić information content (AvgIpc) is 3.38. The van der Waals surface area contributed by atoms with Crippen molar-refractivity contribution in [1.29, 1.82) is 0 Å². The summed E-state index contributed by atoms with van der Waals surface area (Å²) in [4.78, 5) is 26.0. The maximum absolute atomic E-state index is 13.3. The quantitative estimate of drug-likeness (QED) is 0.127. The Labute approximate surface area is 287 Å². The van der Waals surface area contributed by atoms with E-state index in [2.05, 4.69) is 11.9 Å². The number of nitrogens with one attached hydrogen (secondary N) is 1. The highest BCUT2D eigenvalue weighted by Crippen LogP contribution is 2.44. The van der Waals surface area contributed by atoms with Gasteiger partial charge < -0.3 is 38.8 Å². The van der Waals surface area contributed by atoms with E-state index >= 15 is 0 Å². The first kappa shape index (κ1) is 35.0. The molecule has 5 rings (SSSR count). The topological polar surface area (TPSA) is 122 Å². The van der Waals surface area contributed by atoms with Crippen LogP contribution >= 0.6 is 34.8 Å². The summed E-state index contributed by atoms with van der Waals surface area (Å²) < 4.78 is 32.1. The van der Waals surface area contributed by atoms with Crippen LogP contribution in [0, 0.1) is 0 Å². The van der Waals surface area contributed by atoms with E-state index in [1.54, 1.807) is 0 Å². The fourth-order valence-corrected chi connectivity index (χ4v) is 5.75. The zero-order valence-corrected chi connectivity index (χ0v) is 27.4. The first-order chi connectivity index (χ1) is 22.6. The lowest BCUT2D eigenvalue weighted by Crippen LogP contribution is -2.66. The van der Waals surface area contributed by atoms with Gasteiger partial charge in [-0.1, -0.05) is 120 Å². The first-order valence-electron chi connectivity index (χ1n) is 14.8. The van der Waals surface area contributed by atoms with Gasteiger partial charge in [-0.05, 0) is 27.8 Å². The van der Waals surface area contributed by atoms with Gasteiger partial charge in [0, 0.05) is 5.92 Å². The Morgan fingerprint density at radius 1 is 0.915 bits per heavy atom. The van der Waals surface area contributed by atoms with Crippen molar-refractivity contribution in [2.75, 3.05) is 26.4 Å². The van der Waals surface area contributed by atoms with E-state index in [4.69, 9.17) is 63.2 Å². The van der Waals surface area contributed by atoms with Gasteiger partial charge >= 0.3 is 12.2 Å². The van der Waals surface area contributed by atoms with Gasteiger partial charge in [-0.15, -0.1) is 6.58 Å². The minimum Gasteiger partial charge on any atom is -0.445 e. The van der Waals surface area contributed by atoms with Crippen LogP contribution in [0.25, 0.3) is 11.1 Å². The van der Waals surface area contributed by atoms with Crippen molar-refractivity contribution in [3.05, 3.63) is 108 Å². The Morgan fingerprint density at radius 2 is 1.55 bits per heavy atom. The van der Waals surface area contributed by atoms with Crippen LogP contribution in [-0.4, -0.2) is 78.2 Å². The van der Waals surface area contributed by atoms with Crippen LogP contribution in [0.3, 0.4) is 0 Å². The average molecular weight is 707 g/mol. The molecule has 3 aromatic rings. The van der Waals surface area contributed by atoms with E-state index in [0.717, 1.165) is 27.8 Å². The fraction of sp³-hybridized carbons (Fsp3) is 0.353. The molecule has 47 heavy (non-hydrogen) atoms. The van der Waals surface area contributed by atoms with Crippen LogP contribution in [0.1, 0.15) is 22.6 Å². The molecule has 250 valence electrons. The molecule has 13 heteroatoms. The van der Waals surface area contributed by atoms with Crippen LogP contribution in [0.15, 0.2) is 91.5 Å². The number of rotatable bonds is 12. The lowest BCUT2D eigenvalue weighted by Gasteiger charge is -2.43. The largest absolute Gasteiger partial charge is 0.508 e. The maximum atomic E-state index is 13.3. The zero-order chi connectivity index (χ0) is 33.4. The molecule has 1 saturated heterocycles. The number of carbonyl (C=O) groups excluding carboxylic acids is 2. The summed E-state index contributed by atoms with van der Waals surface area (Å²) in [5, 5.41) is 13.9. The molecular formula is C34H34Cl3NO9. The number of alkyl carbamates (subject to hydrolysis) is 1. The summed E-state index contributed by atoms with van der Waals surface area (Å²) in [5.41, 5.74) is 5.04. The number of aliphatic hydroxyl groups is 1. The molecule has 1 fully saturated rings. The third-order valence-electron chi connectivity index (χ3n) is 7.66. The van der Waals surface area contributed by atoms with Crippen molar-refractivity contribution in [1.82, 2.24) is 5.32 Å². The smallest absolute Gasteiger partial charge is 0.445 e. The Balaban J connectivity index is 1.32. The number of carbonyl (C=O) groups is 2. The molecule has 0 unspecified atom stereocenters. The van der Waals surface area contributed by atoms with Crippen LogP contribution in [0.2, 0.25) is 0 Å². The van der Waals surface area contributed by atoms with E-state index in [0.29, 0.717) is 0 Å². The van der Waals surface area contributed by atoms with Crippen LogP contribution in [0.4, 0.5) is 9.59 Å². The van der Waals surface area contributed by atoms with E-state index < -0.39 is 53.3 Å². The number of alkyl halides is 3. The van der Waals surface area contributed by atoms with E-state index in [9.17, 15) is 14.7 Å². The molecule has 2 aliphatic rings. The highest BCUT2D eigenvalue weighted by atomic mass is 35.6. The van der Waals surface area contributed by atoms with Crippen molar-refractivity contribution >= 4 is 47.1 Å². The number of benzene rings is 3. The van der Waals surface area contributed by atoms with Crippen LogP contribution < -0.4 is 5.32 Å². The lowest BCUT2D eigenvalue weighted by molar-refractivity contribution is -0.270. The summed E-state index contributed by atoms with van der Waals surface area (Å²) in [7, 11) is 0. The number of aliphatic hydroxyl groups excluding tert-OH is 1. The van der Waals surface area contributed by atoms with Crippen LogP contribution in [-0.2, 0) is 35.0 Å². The van der Waals surface area contributed by atoms with Gasteiger partial charge in [0.2, 0.25) is 3.79 Å². The molecule has 0 aromatic heterocycles. The minimum absolute atomic E-state index is 0.00258. The Bertz CT molecular complexity index is 1470. The Kier molecular flexibility index (Phi) is 12.0. The summed E-state index contributed by atoms with van der Waals surface area (Å²) in [5.74, 6) is -0.233. The molecule has 3 aromatic carbocycles. The SMILES string of the molecule is C=CCO[C@H]1O[C@H](COCc2ccccc2)[C@@H](O)[C@H](OC(=O)OCC2c3ccccc3-c3ccccc32)[C@H]1NC(=O)OCC(Cl)(Cl)Cl. The fourth-order valence-electron chi connectivity index (χ4n) is 5.58. The van der Waals surface area contributed by atoms with Gasteiger partial charge in [0.1, 0.15) is 31.5 Å². The highest BCUT2D eigenvalue weighted by Gasteiger charge is 2.49. The molecule has 0 radical (unpaired) electrons. The van der Waals surface area contributed by atoms with E-state index in [1.165, 1.54) is 6.08 Å². The van der Waals surface area contributed by atoms with E-state index in [-0.39, 0.29) is 32.3 Å². The second-order valence-corrected chi connectivity index (χ2v) is 13.4. The summed E-state index contributed by atoms with van der Waals surface area (Å²) in [6, 6.07) is 23.9. The van der Waals surface area contributed by atoms with Crippen molar-refractivity contribution in [3.63, 3.8) is 0 Å². The molecule has 1 amide bonds. The molecule has 0 saturated carbocycles. The Hall–Kier alpha value is -3.35. The van der Waals surface area contributed by atoms with Gasteiger partial charge in [-0.25, -0.2) is 9.59 Å². The maximum Gasteiger partial charge on any atom is 0.508 e. The molecule has 1 aliphatic heterocycles. The molecule has 0 spiro atoms. The third kappa shape index (κ3) is 9.17. The Morgan fingerprint density at radius 3 is 2.19 bits per heavy atom. The number of hydrogen-bond acceptors (Lipinski definition) is 9. The van der Waals surface area contributed by atoms with Crippen molar-refractivity contribution < 1.29 is 43.1 Å². The third-order valence-corrected chi connectivity index (χ3v) is 7.99. The lowest BCUT2D eigenvalue weighted by atomic mass is 9.96. The van der Waals surface area contributed by atoms with E-state index in [1.807, 2.05) is 78.9 Å². The predicted molar refractivity (Wildman–Crippen MR) is 175 cm³/mol. The second-order valence-electron chi connectivity index (χ2n) is 10.9. The van der Waals surface area contributed by atoms with Gasteiger partial charge in [0.15, 0.2) is 12.4 Å². The molecule has 5 atom stereocenters.